The van der Waals surface area contributed by atoms with Gasteiger partial charge in [-0.1, -0.05) is 42.5 Å². The van der Waals surface area contributed by atoms with Gasteiger partial charge in [0, 0.05) is 12.8 Å². The van der Waals surface area contributed by atoms with Crippen molar-refractivity contribution in [2.24, 2.45) is 0 Å². The average Bonchev–Trinajstić information content (AvgIpc) is 2.37. The number of aliphatic hydroxyl groups is 2. The van der Waals surface area contributed by atoms with E-state index in [0.29, 0.717) is 12.8 Å². The summed E-state index contributed by atoms with van der Waals surface area (Å²) in [4.78, 5) is 0. The van der Waals surface area contributed by atoms with Crippen LogP contribution in [0.15, 0.2) is 36.4 Å². The van der Waals surface area contributed by atoms with E-state index in [1.807, 2.05) is 42.5 Å². The highest BCUT2D eigenvalue weighted by atomic mass is 16.5. The third-order valence-corrected chi connectivity index (χ3v) is 2.91. The topological polar surface area (TPSA) is 49.7 Å². The Balaban J connectivity index is 1.96. The molecule has 92 valence electrons. The summed E-state index contributed by atoms with van der Waals surface area (Å²) in [7, 11) is 0. The molecular formula is C14H18O3. The Bertz CT molecular complexity index is 361. The van der Waals surface area contributed by atoms with E-state index in [2.05, 4.69) is 0 Å². The highest BCUT2D eigenvalue weighted by Gasteiger charge is 2.26. The van der Waals surface area contributed by atoms with Crippen molar-refractivity contribution in [3.05, 3.63) is 42.0 Å². The van der Waals surface area contributed by atoms with Gasteiger partial charge >= 0.3 is 0 Å². The highest BCUT2D eigenvalue weighted by molar-refractivity contribution is 5.49. The third kappa shape index (κ3) is 3.66. The molecule has 1 saturated heterocycles. The lowest BCUT2D eigenvalue weighted by molar-refractivity contribution is -0.0932. The van der Waals surface area contributed by atoms with Crippen LogP contribution in [0, 0.1) is 0 Å². The maximum absolute atomic E-state index is 9.65. The Hall–Kier alpha value is -1.16. The normalized spacial score (nSPS) is 29.6. The molecule has 17 heavy (non-hydrogen) atoms. The largest absolute Gasteiger partial charge is 0.394 e. The SMILES string of the molecule is OC[C@@H]1C[C@H](O)C[C@H](/C=C/c2ccccc2)O1. The first kappa shape index (κ1) is 12.3. The van der Waals surface area contributed by atoms with Gasteiger partial charge in [-0.15, -0.1) is 0 Å². The molecule has 1 fully saturated rings. The summed E-state index contributed by atoms with van der Waals surface area (Å²) >= 11 is 0. The Morgan fingerprint density at radius 1 is 1.24 bits per heavy atom. The second kappa shape index (κ2) is 5.96. The molecule has 2 rings (SSSR count). The molecule has 3 nitrogen and oxygen atoms in total. The van der Waals surface area contributed by atoms with Crippen LogP contribution in [0.3, 0.4) is 0 Å². The van der Waals surface area contributed by atoms with E-state index in [0.717, 1.165) is 5.56 Å². The van der Waals surface area contributed by atoms with E-state index in [9.17, 15) is 5.11 Å². The molecule has 1 aliphatic rings. The fraction of sp³-hybridized carbons (Fsp3) is 0.429. The van der Waals surface area contributed by atoms with Crippen molar-refractivity contribution in [1.29, 1.82) is 0 Å². The third-order valence-electron chi connectivity index (χ3n) is 2.91. The molecule has 1 aromatic rings. The van der Waals surface area contributed by atoms with E-state index >= 15 is 0 Å². The molecule has 0 aliphatic carbocycles. The monoisotopic (exact) mass is 234 g/mol. The average molecular weight is 234 g/mol. The number of ether oxygens (including phenoxy) is 1. The van der Waals surface area contributed by atoms with Crippen molar-refractivity contribution < 1.29 is 14.9 Å². The standard InChI is InChI=1S/C14H18O3/c15-10-14-9-12(16)8-13(17-14)7-6-11-4-2-1-3-5-11/h1-7,12-16H,8-10H2/b7-6+/t12-,13+,14+/m1/s1. The van der Waals surface area contributed by atoms with Crippen LogP contribution in [-0.2, 0) is 4.74 Å². The quantitative estimate of drug-likeness (QED) is 0.835. The smallest absolute Gasteiger partial charge is 0.0838 e. The zero-order chi connectivity index (χ0) is 12.1. The first-order valence-corrected chi connectivity index (χ1v) is 5.95. The number of aliphatic hydroxyl groups excluding tert-OH is 2. The van der Waals surface area contributed by atoms with Gasteiger partial charge in [0.2, 0.25) is 0 Å². The predicted octanol–water partition coefficient (Wildman–Crippen LogP) is 1.60. The number of hydrogen-bond donors (Lipinski definition) is 2. The van der Waals surface area contributed by atoms with Crippen LogP contribution in [0.2, 0.25) is 0 Å². The lowest BCUT2D eigenvalue weighted by Crippen LogP contribution is -2.36. The van der Waals surface area contributed by atoms with Crippen LogP contribution in [0.25, 0.3) is 6.08 Å². The van der Waals surface area contributed by atoms with Crippen LogP contribution >= 0.6 is 0 Å². The van der Waals surface area contributed by atoms with Crippen LogP contribution < -0.4 is 0 Å². The lowest BCUT2D eigenvalue weighted by atomic mass is 10.0. The Morgan fingerprint density at radius 3 is 2.71 bits per heavy atom. The molecule has 0 saturated carbocycles. The van der Waals surface area contributed by atoms with Gasteiger partial charge in [-0.2, -0.15) is 0 Å². The van der Waals surface area contributed by atoms with Crippen molar-refractivity contribution in [2.75, 3.05) is 6.61 Å². The summed E-state index contributed by atoms with van der Waals surface area (Å²) in [6.07, 6.45) is 4.30. The van der Waals surface area contributed by atoms with Gasteiger partial charge in [0.25, 0.3) is 0 Å². The van der Waals surface area contributed by atoms with Crippen molar-refractivity contribution >= 4 is 6.08 Å². The van der Waals surface area contributed by atoms with Gasteiger partial charge in [0.15, 0.2) is 0 Å². The fourth-order valence-corrected chi connectivity index (χ4v) is 2.05. The summed E-state index contributed by atoms with van der Waals surface area (Å²) in [6, 6.07) is 9.96. The van der Waals surface area contributed by atoms with E-state index in [4.69, 9.17) is 9.84 Å². The summed E-state index contributed by atoms with van der Waals surface area (Å²) < 4.78 is 5.63. The Kier molecular flexibility index (Phi) is 4.31. The molecule has 3 heteroatoms. The molecule has 0 amide bonds. The molecule has 0 aromatic heterocycles. The van der Waals surface area contributed by atoms with Crippen LogP contribution in [0.1, 0.15) is 18.4 Å². The second-order valence-corrected chi connectivity index (χ2v) is 4.37. The molecule has 1 heterocycles. The van der Waals surface area contributed by atoms with E-state index in [1.165, 1.54) is 0 Å². The van der Waals surface area contributed by atoms with Gasteiger partial charge < -0.3 is 14.9 Å². The van der Waals surface area contributed by atoms with Crippen molar-refractivity contribution in [3.63, 3.8) is 0 Å². The summed E-state index contributed by atoms with van der Waals surface area (Å²) in [6.45, 7) is -0.0350. The highest BCUT2D eigenvalue weighted by Crippen LogP contribution is 2.21. The first-order chi connectivity index (χ1) is 8.28. The number of hydrogen-bond acceptors (Lipinski definition) is 3. The number of rotatable bonds is 3. The van der Waals surface area contributed by atoms with Gasteiger partial charge in [0.05, 0.1) is 24.9 Å². The molecule has 1 aliphatic heterocycles. The Morgan fingerprint density at radius 2 is 2.00 bits per heavy atom. The van der Waals surface area contributed by atoms with Crippen LogP contribution in [0.5, 0.6) is 0 Å². The summed E-state index contributed by atoms with van der Waals surface area (Å²) in [5.74, 6) is 0. The minimum Gasteiger partial charge on any atom is -0.394 e. The molecule has 0 unspecified atom stereocenters. The molecule has 0 spiro atoms. The van der Waals surface area contributed by atoms with E-state index in [-0.39, 0.29) is 24.9 Å². The minimum absolute atomic E-state index is 0.0350. The zero-order valence-corrected chi connectivity index (χ0v) is 9.70. The molecular weight excluding hydrogens is 216 g/mol. The maximum atomic E-state index is 9.65. The lowest BCUT2D eigenvalue weighted by Gasteiger charge is -2.30. The maximum Gasteiger partial charge on any atom is 0.0838 e. The van der Waals surface area contributed by atoms with E-state index in [1.54, 1.807) is 0 Å². The molecule has 1 aromatic carbocycles. The van der Waals surface area contributed by atoms with Crippen LogP contribution in [-0.4, -0.2) is 35.1 Å². The molecule has 2 N–H and O–H groups in total. The van der Waals surface area contributed by atoms with Gasteiger partial charge in [-0.25, -0.2) is 0 Å². The van der Waals surface area contributed by atoms with Crippen molar-refractivity contribution in [3.8, 4) is 0 Å². The zero-order valence-electron chi connectivity index (χ0n) is 9.70. The van der Waals surface area contributed by atoms with E-state index < -0.39 is 0 Å². The summed E-state index contributed by atoms with van der Waals surface area (Å²) in [5.41, 5.74) is 1.11. The molecule has 0 bridgehead atoms. The summed E-state index contributed by atoms with van der Waals surface area (Å²) in [5, 5.41) is 18.7. The molecule has 3 atom stereocenters. The van der Waals surface area contributed by atoms with Gasteiger partial charge in [0.1, 0.15) is 0 Å². The first-order valence-electron chi connectivity index (χ1n) is 5.95. The van der Waals surface area contributed by atoms with Crippen molar-refractivity contribution in [2.45, 2.75) is 31.2 Å². The predicted molar refractivity (Wildman–Crippen MR) is 66.5 cm³/mol. The Labute approximate surface area is 101 Å². The second-order valence-electron chi connectivity index (χ2n) is 4.37. The fourth-order valence-electron chi connectivity index (χ4n) is 2.05. The van der Waals surface area contributed by atoms with Crippen molar-refractivity contribution in [1.82, 2.24) is 0 Å². The van der Waals surface area contributed by atoms with Gasteiger partial charge in [-0.05, 0) is 5.56 Å². The molecule has 0 radical (unpaired) electrons. The number of benzene rings is 1. The van der Waals surface area contributed by atoms with Crippen LogP contribution in [0.4, 0.5) is 0 Å². The minimum atomic E-state index is -0.383. The van der Waals surface area contributed by atoms with Gasteiger partial charge in [-0.3, -0.25) is 0 Å².